The van der Waals surface area contributed by atoms with Crippen LogP contribution in [-0.2, 0) is 0 Å². The third kappa shape index (κ3) is 2.42. The number of nitrogens with one attached hydrogen (secondary N) is 2. The van der Waals surface area contributed by atoms with E-state index in [1.54, 1.807) is 0 Å². The molecule has 2 heterocycles. The second-order valence-corrected chi connectivity index (χ2v) is 6.97. The van der Waals surface area contributed by atoms with E-state index in [0.29, 0.717) is 10.2 Å². The summed E-state index contributed by atoms with van der Waals surface area (Å²) < 4.78 is 0. The molecule has 2 unspecified atom stereocenters. The first-order chi connectivity index (χ1) is 11.5. The number of anilines is 2. The van der Waals surface area contributed by atoms with Crippen molar-refractivity contribution in [1.82, 2.24) is 10.6 Å². The molecule has 0 bridgehead atoms. The fourth-order valence-corrected chi connectivity index (χ4v) is 3.86. The summed E-state index contributed by atoms with van der Waals surface area (Å²) in [6.45, 7) is 4.16. The summed E-state index contributed by atoms with van der Waals surface area (Å²) >= 11 is 11.2. The monoisotopic (exact) mass is 354 g/mol. The average Bonchev–Trinajstić information content (AvgIpc) is 3.02. The largest absolute Gasteiger partial charge is 0.338 e. The van der Waals surface area contributed by atoms with Crippen LogP contribution < -0.4 is 20.4 Å². The number of hydrogen-bond acceptors (Lipinski definition) is 2. The summed E-state index contributed by atoms with van der Waals surface area (Å²) in [5, 5.41) is 8.23. The first-order valence-corrected chi connectivity index (χ1v) is 8.69. The number of rotatable bonds is 2. The molecule has 0 amide bonds. The van der Waals surface area contributed by atoms with E-state index in [2.05, 4.69) is 82.8 Å². The molecule has 2 aromatic rings. The van der Waals surface area contributed by atoms with Gasteiger partial charge in [-0.15, -0.1) is 0 Å². The van der Waals surface area contributed by atoms with Gasteiger partial charge < -0.3 is 10.6 Å². The highest BCUT2D eigenvalue weighted by Crippen LogP contribution is 2.31. The van der Waals surface area contributed by atoms with Gasteiger partial charge in [-0.1, -0.05) is 35.4 Å². The number of fused-ring (bicyclic) bond motifs is 1. The first kappa shape index (κ1) is 15.4. The molecule has 0 aliphatic carbocycles. The first-order valence-electron chi connectivity index (χ1n) is 7.87. The van der Waals surface area contributed by atoms with Crippen LogP contribution in [0.25, 0.3) is 0 Å². The van der Waals surface area contributed by atoms with Crippen molar-refractivity contribution >= 4 is 46.0 Å². The highest BCUT2D eigenvalue weighted by Gasteiger charge is 2.48. The van der Waals surface area contributed by atoms with Crippen LogP contribution in [0.2, 0.25) is 0 Å². The Morgan fingerprint density at radius 3 is 1.33 bits per heavy atom. The molecule has 2 aromatic carbocycles. The average molecular weight is 355 g/mol. The van der Waals surface area contributed by atoms with Crippen LogP contribution in [0, 0.1) is 13.8 Å². The van der Waals surface area contributed by atoms with Gasteiger partial charge in [-0.3, -0.25) is 9.80 Å². The second kappa shape index (κ2) is 5.72. The smallest absolute Gasteiger partial charge is 0.177 e. The summed E-state index contributed by atoms with van der Waals surface area (Å²) in [6.07, 6.45) is -0.0389. The number of benzene rings is 2. The highest BCUT2D eigenvalue weighted by molar-refractivity contribution is 7.81. The maximum Gasteiger partial charge on any atom is 0.177 e. The van der Waals surface area contributed by atoms with E-state index in [9.17, 15) is 0 Å². The zero-order chi connectivity index (χ0) is 16.8. The number of thiocarbonyl (C=S) groups is 2. The quantitative estimate of drug-likeness (QED) is 0.806. The number of hydrogen-bond donors (Lipinski definition) is 2. The minimum absolute atomic E-state index is 0.0194. The number of aryl methyl sites for hydroxylation is 2. The molecule has 2 aliphatic heterocycles. The van der Waals surface area contributed by atoms with Crippen molar-refractivity contribution in [3.63, 3.8) is 0 Å². The Hall–Kier alpha value is -2.18. The van der Waals surface area contributed by atoms with Gasteiger partial charge in [-0.25, -0.2) is 0 Å². The van der Waals surface area contributed by atoms with Crippen molar-refractivity contribution in [2.75, 3.05) is 9.80 Å². The molecule has 122 valence electrons. The van der Waals surface area contributed by atoms with E-state index in [1.165, 1.54) is 11.1 Å². The van der Waals surface area contributed by atoms with Gasteiger partial charge in [0.05, 0.1) is 0 Å². The zero-order valence-electron chi connectivity index (χ0n) is 13.5. The summed E-state index contributed by atoms with van der Waals surface area (Å²) in [5.74, 6) is 0. The molecule has 2 fully saturated rings. The van der Waals surface area contributed by atoms with Gasteiger partial charge in [0.1, 0.15) is 12.3 Å². The number of nitrogens with zero attached hydrogens (tertiary/aromatic N) is 2. The van der Waals surface area contributed by atoms with Crippen molar-refractivity contribution in [1.29, 1.82) is 0 Å². The van der Waals surface area contributed by atoms with E-state index in [0.717, 1.165) is 11.4 Å². The minimum atomic E-state index is -0.0194. The highest BCUT2D eigenvalue weighted by atomic mass is 32.1. The van der Waals surface area contributed by atoms with Gasteiger partial charge in [0.25, 0.3) is 0 Å². The standard InChI is InChI=1S/C18H18N4S2/c1-11-3-7-13(8-4-11)21-15-16(20-17(21)23)22(18(24)19-15)14-9-5-12(2)6-10-14/h3-10,15-16H,1-2H3,(H,19,24)(H,20,23). The third-order valence-electron chi connectivity index (χ3n) is 4.46. The maximum absolute atomic E-state index is 5.58. The molecule has 4 nitrogen and oxygen atoms in total. The summed E-state index contributed by atoms with van der Waals surface area (Å²) in [7, 11) is 0. The van der Waals surface area contributed by atoms with Crippen molar-refractivity contribution < 1.29 is 0 Å². The normalized spacial score (nSPS) is 22.4. The lowest BCUT2D eigenvalue weighted by atomic mass is 10.2. The molecule has 2 saturated heterocycles. The second-order valence-electron chi connectivity index (χ2n) is 6.20. The van der Waals surface area contributed by atoms with Crippen LogP contribution in [0.1, 0.15) is 11.1 Å². The lowest BCUT2D eigenvalue weighted by Crippen LogP contribution is -2.43. The fraction of sp³-hybridized carbons (Fsp3) is 0.222. The molecule has 4 rings (SSSR count). The molecule has 0 saturated carbocycles. The van der Waals surface area contributed by atoms with E-state index in [1.807, 2.05) is 0 Å². The van der Waals surface area contributed by atoms with E-state index in [-0.39, 0.29) is 12.3 Å². The maximum atomic E-state index is 5.58. The summed E-state index contributed by atoms with van der Waals surface area (Å²) in [4.78, 5) is 4.19. The molecule has 0 radical (unpaired) electrons. The third-order valence-corrected chi connectivity index (χ3v) is 5.09. The topological polar surface area (TPSA) is 30.5 Å². The molecule has 6 heteroatoms. The van der Waals surface area contributed by atoms with Crippen LogP contribution in [0.15, 0.2) is 48.5 Å². The Labute approximate surface area is 152 Å². The predicted molar refractivity (Wildman–Crippen MR) is 106 cm³/mol. The molecule has 2 atom stereocenters. The fourth-order valence-electron chi connectivity index (χ4n) is 3.18. The van der Waals surface area contributed by atoms with Gasteiger partial charge in [0, 0.05) is 11.4 Å². The summed E-state index contributed by atoms with van der Waals surface area (Å²) in [5.41, 5.74) is 4.58. The minimum Gasteiger partial charge on any atom is -0.338 e. The Balaban J connectivity index is 1.67. The SMILES string of the molecule is Cc1ccc(N2C(=S)NC3C2NC(=S)N3c2ccc(C)cc2)cc1. The van der Waals surface area contributed by atoms with Crippen molar-refractivity contribution in [3.8, 4) is 0 Å². The van der Waals surface area contributed by atoms with Crippen LogP contribution in [0.3, 0.4) is 0 Å². The molecule has 0 aromatic heterocycles. The molecule has 2 aliphatic rings. The Kier molecular flexibility index (Phi) is 3.66. The van der Waals surface area contributed by atoms with Crippen LogP contribution in [0.4, 0.5) is 11.4 Å². The van der Waals surface area contributed by atoms with E-state index in [4.69, 9.17) is 24.4 Å². The van der Waals surface area contributed by atoms with E-state index >= 15 is 0 Å². The van der Waals surface area contributed by atoms with Crippen molar-refractivity contribution in [2.24, 2.45) is 0 Å². The van der Waals surface area contributed by atoms with Crippen LogP contribution in [0.5, 0.6) is 0 Å². The zero-order valence-corrected chi connectivity index (χ0v) is 15.1. The molecular weight excluding hydrogens is 336 g/mol. The Morgan fingerprint density at radius 1 is 0.667 bits per heavy atom. The van der Waals surface area contributed by atoms with Crippen LogP contribution in [-0.4, -0.2) is 22.6 Å². The Bertz CT molecular complexity index is 731. The molecular formula is C18H18N4S2. The lowest BCUT2D eigenvalue weighted by Gasteiger charge is -2.23. The van der Waals surface area contributed by atoms with Crippen LogP contribution >= 0.6 is 24.4 Å². The lowest BCUT2D eigenvalue weighted by molar-refractivity contribution is 0.577. The van der Waals surface area contributed by atoms with Gasteiger partial charge in [0.2, 0.25) is 0 Å². The molecule has 0 spiro atoms. The van der Waals surface area contributed by atoms with Crippen molar-refractivity contribution in [3.05, 3.63) is 59.7 Å². The van der Waals surface area contributed by atoms with Gasteiger partial charge >= 0.3 is 0 Å². The molecule has 24 heavy (non-hydrogen) atoms. The van der Waals surface area contributed by atoms with Gasteiger partial charge in [-0.2, -0.15) is 0 Å². The van der Waals surface area contributed by atoms with Gasteiger partial charge in [0.15, 0.2) is 10.2 Å². The predicted octanol–water partition coefficient (Wildman–Crippen LogP) is 3.04. The van der Waals surface area contributed by atoms with Gasteiger partial charge in [-0.05, 0) is 62.5 Å². The molecule has 2 N–H and O–H groups in total. The van der Waals surface area contributed by atoms with Crippen molar-refractivity contribution in [2.45, 2.75) is 26.2 Å². The Morgan fingerprint density at radius 2 is 1.00 bits per heavy atom. The summed E-state index contributed by atoms with van der Waals surface area (Å²) in [6, 6.07) is 16.7. The van der Waals surface area contributed by atoms with E-state index < -0.39 is 0 Å².